The molecule has 0 bridgehead atoms. The Morgan fingerprint density at radius 3 is 1.89 bits per heavy atom. The third-order valence-corrected chi connectivity index (χ3v) is 3.22. The standard InChI is InChI=1S/C16H32O3/c1-3-5-7-9-10-11-12-14-16(17)19-18-15-13-8-6-4-2/h3-15H2,1-2H3. The van der Waals surface area contributed by atoms with Gasteiger partial charge in [-0.25, -0.2) is 4.79 Å². The zero-order valence-electron chi connectivity index (χ0n) is 12.9. The summed E-state index contributed by atoms with van der Waals surface area (Å²) in [6, 6.07) is 0. The fourth-order valence-corrected chi connectivity index (χ4v) is 1.96. The van der Waals surface area contributed by atoms with E-state index in [1.165, 1.54) is 44.9 Å². The number of unbranched alkanes of at least 4 members (excludes halogenated alkanes) is 9. The molecule has 0 fully saturated rings. The molecule has 0 N–H and O–H groups in total. The largest absolute Gasteiger partial charge is 0.342 e. The van der Waals surface area contributed by atoms with Crippen LogP contribution in [0.2, 0.25) is 0 Å². The van der Waals surface area contributed by atoms with E-state index in [4.69, 9.17) is 9.78 Å². The van der Waals surface area contributed by atoms with Gasteiger partial charge in [0, 0.05) is 6.42 Å². The van der Waals surface area contributed by atoms with Crippen molar-refractivity contribution in [3.05, 3.63) is 0 Å². The van der Waals surface area contributed by atoms with Gasteiger partial charge in [-0.2, -0.15) is 4.89 Å². The first-order chi connectivity index (χ1) is 9.31. The normalized spacial score (nSPS) is 10.6. The molecule has 0 aromatic rings. The first-order valence-corrected chi connectivity index (χ1v) is 8.13. The molecular formula is C16H32O3. The SMILES string of the molecule is CCCCCCCCCC(=O)OOCCCCCC. The lowest BCUT2D eigenvalue weighted by molar-refractivity contribution is -0.272. The maximum absolute atomic E-state index is 11.3. The summed E-state index contributed by atoms with van der Waals surface area (Å²) in [4.78, 5) is 21.0. The zero-order valence-corrected chi connectivity index (χ0v) is 12.9. The lowest BCUT2D eigenvalue weighted by atomic mass is 10.1. The monoisotopic (exact) mass is 272 g/mol. The van der Waals surface area contributed by atoms with Crippen LogP contribution in [-0.2, 0) is 14.6 Å². The minimum atomic E-state index is -0.218. The van der Waals surface area contributed by atoms with E-state index in [1.54, 1.807) is 0 Å². The summed E-state index contributed by atoms with van der Waals surface area (Å²) in [6.45, 7) is 4.92. The highest BCUT2D eigenvalue weighted by Gasteiger charge is 2.03. The van der Waals surface area contributed by atoms with Crippen molar-refractivity contribution in [1.82, 2.24) is 0 Å². The molecule has 0 unspecified atom stereocenters. The Balaban J connectivity index is 3.13. The van der Waals surface area contributed by atoms with E-state index in [1.807, 2.05) is 0 Å². The predicted octanol–water partition coefficient (Wildman–Crippen LogP) is 5.18. The third kappa shape index (κ3) is 15.4. The highest BCUT2D eigenvalue weighted by molar-refractivity contribution is 5.68. The van der Waals surface area contributed by atoms with Crippen LogP contribution >= 0.6 is 0 Å². The van der Waals surface area contributed by atoms with Crippen LogP contribution in [0, 0.1) is 0 Å². The molecule has 3 nitrogen and oxygen atoms in total. The smallest absolute Gasteiger partial charge is 0.298 e. The summed E-state index contributed by atoms with van der Waals surface area (Å²) in [5.74, 6) is -0.218. The van der Waals surface area contributed by atoms with E-state index in [9.17, 15) is 4.79 Å². The summed E-state index contributed by atoms with van der Waals surface area (Å²) in [7, 11) is 0. The molecule has 0 aliphatic carbocycles. The molecule has 0 radical (unpaired) electrons. The van der Waals surface area contributed by atoms with Crippen molar-refractivity contribution in [3.63, 3.8) is 0 Å². The third-order valence-electron chi connectivity index (χ3n) is 3.22. The molecule has 0 rings (SSSR count). The molecule has 0 spiro atoms. The van der Waals surface area contributed by atoms with Gasteiger partial charge >= 0.3 is 5.97 Å². The Bertz CT molecular complexity index is 192. The molecule has 0 saturated heterocycles. The van der Waals surface area contributed by atoms with Crippen molar-refractivity contribution in [1.29, 1.82) is 0 Å². The molecule has 0 saturated carbocycles. The van der Waals surface area contributed by atoms with Crippen LogP contribution in [0.25, 0.3) is 0 Å². The van der Waals surface area contributed by atoms with Gasteiger partial charge in [0.1, 0.15) is 0 Å². The van der Waals surface area contributed by atoms with E-state index in [0.717, 1.165) is 25.7 Å². The van der Waals surface area contributed by atoms with Crippen molar-refractivity contribution in [2.24, 2.45) is 0 Å². The maximum atomic E-state index is 11.3. The topological polar surface area (TPSA) is 35.5 Å². The maximum Gasteiger partial charge on any atom is 0.342 e. The molecule has 3 heteroatoms. The Morgan fingerprint density at radius 1 is 0.737 bits per heavy atom. The molecule has 19 heavy (non-hydrogen) atoms. The summed E-state index contributed by atoms with van der Waals surface area (Å²) < 4.78 is 0. The molecule has 0 amide bonds. The molecule has 0 aromatic heterocycles. The van der Waals surface area contributed by atoms with Crippen molar-refractivity contribution < 1.29 is 14.6 Å². The van der Waals surface area contributed by atoms with Crippen LogP contribution in [0.15, 0.2) is 0 Å². The molecule has 0 aliphatic heterocycles. The lowest BCUT2D eigenvalue weighted by Crippen LogP contribution is -2.06. The van der Waals surface area contributed by atoms with Gasteiger partial charge < -0.3 is 0 Å². The van der Waals surface area contributed by atoms with Gasteiger partial charge in [-0.3, -0.25) is 4.89 Å². The fourth-order valence-electron chi connectivity index (χ4n) is 1.96. The summed E-state index contributed by atoms with van der Waals surface area (Å²) >= 11 is 0. The van der Waals surface area contributed by atoms with Crippen LogP contribution in [0.4, 0.5) is 0 Å². The van der Waals surface area contributed by atoms with Gasteiger partial charge in [0.25, 0.3) is 0 Å². The summed E-state index contributed by atoms with van der Waals surface area (Å²) in [5.41, 5.74) is 0. The molecule has 0 aromatic carbocycles. The Labute approximate surface area is 119 Å². The zero-order chi connectivity index (χ0) is 14.2. The summed E-state index contributed by atoms with van der Waals surface area (Å²) in [6.07, 6.45) is 13.5. The van der Waals surface area contributed by atoms with Crippen molar-refractivity contribution in [2.45, 2.75) is 90.9 Å². The van der Waals surface area contributed by atoms with Gasteiger partial charge in [-0.05, 0) is 12.8 Å². The van der Waals surface area contributed by atoms with Gasteiger partial charge in [0.15, 0.2) is 0 Å². The molecule has 0 aliphatic rings. The van der Waals surface area contributed by atoms with Gasteiger partial charge in [0.05, 0.1) is 6.61 Å². The average Bonchev–Trinajstić information content (AvgIpc) is 2.41. The second-order valence-corrected chi connectivity index (χ2v) is 5.21. The van der Waals surface area contributed by atoms with E-state index in [-0.39, 0.29) is 5.97 Å². The van der Waals surface area contributed by atoms with E-state index >= 15 is 0 Å². The number of carbonyl (C=O) groups is 1. The average molecular weight is 272 g/mol. The van der Waals surface area contributed by atoms with E-state index in [0.29, 0.717) is 13.0 Å². The van der Waals surface area contributed by atoms with Crippen molar-refractivity contribution >= 4 is 5.97 Å². The van der Waals surface area contributed by atoms with Crippen LogP contribution in [0.1, 0.15) is 90.9 Å². The first-order valence-electron chi connectivity index (χ1n) is 8.13. The first kappa shape index (κ1) is 18.4. The lowest BCUT2D eigenvalue weighted by Gasteiger charge is -2.04. The minimum Gasteiger partial charge on any atom is -0.298 e. The molecule has 0 atom stereocenters. The van der Waals surface area contributed by atoms with Crippen LogP contribution in [-0.4, -0.2) is 12.6 Å². The van der Waals surface area contributed by atoms with Crippen molar-refractivity contribution in [2.75, 3.05) is 6.61 Å². The van der Waals surface area contributed by atoms with Crippen LogP contribution in [0.3, 0.4) is 0 Å². The van der Waals surface area contributed by atoms with Crippen LogP contribution in [0.5, 0.6) is 0 Å². The highest BCUT2D eigenvalue weighted by atomic mass is 17.2. The molecule has 0 heterocycles. The quantitative estimate of drug-likeness (QED) is 0.248. The van der Waals surface area contributed by atoms with Crippen molar-refractivity contribution in [3.8, 4) is 0 Å². The predicted molar refractivity (Wildman–Crippen MR) is 78.8 cm³/mol. The fraction of sp³-hybridized carbons (Fsp3) is 0.938. The minimum absolute atomic E-state index is 0.218. The number of carbonyl (C=O) groups excluding carboxylic acids is 1. The second-order valence-electron chi connectivity index (χ2n) is 5.21. The van der Waals surface area contributed by atoms with Gasteiger partial charge in [-0.15, -0.1) is 0 Å². The van der Waals surface area contributed by atoms with Gasteiger partial charge in [0.2, 0.25) is 0 Å². The Kier molecular flexibility index (Phi) is 15.0. The van der Waals surface area contributed by atoms with Gasteiger partial charge in [-0.1, -0.05) is 71.6 Å². The second kappa shape index (κ2) is 15.5. The van der Waals surface area contributed by atoms with E-state index in [2.05, 4.69) is 13.8 Å². The van der Waals surface area contributed by atoms with Crippen LogP contribution < -0.4 is 0 Å². The summed E-state index contributed by atoms with van der Waals surface area (Å²) in [5, 5.41) is 0. The number of hydrogen-bond donors (Lipinski definition) is 0. The van der Waals surface area contributed by atoms with E-state index < -0.39 is 0 Å². The number of rotatable bonds is 14. The Morgan fingerprint density at radius 2 is 1.26 bits per heavy atom. The highest BCUT2D eigenvalue weighted by Crippen LogP contribution is 2.09. The Hall–Kier alpha value is -0.570. The molecule has 114 valence electrons. The molecular weight excluding hydrogens is 240 g/mol. The number of hydrogen-bond acceptors (Lipinski definition) is 3.